The fourth-order valence-electron chi connectivity index (χ4n) is 5.00. The summed E-state index contributed by atoms with van der Waals surface area (Å²) in [7, 11) is 0. The molecule has 0 spiro atoms. The molecule has 3 aromatic rings. The van der Waals surface area contributed by atoms with Crippen LogP contribution < -0.4 is 21.3 Å². The molecule has 2 aromatic carbocycles. The number of nitrogens with zero attached hydrogens (tertiary/aromatic N) is 1. The Bertz CT molecular complexity index is 1400. The summed E-state index contributed by atoms with van der Waals surface area (Å²) >= 11 is 0. The third kappa shape index (κ3) is 13.6. The van der Waals surface area contributed by atoms with E-state index in [0.29, 0.717) is 24.6 Å². The zero-order chi connectivity index (χ0) is 34.9. The summed E-state index contributed by atoms with van der Waals surface area (Å²) in [6, 6.07) is 15.4. The lowest BCUT2D eigenvalue weighted by Gasteiger charge is -2.29. The maximum absolute atomic E-state index is 13.8. The van der Waals surface area contributed by atoms with E-state index in [2.05, 4.69) is 31.2 Å². The Morgan fingerprint density at radius 3 is 2.08 bits per heavy atom. The molecule has 0 saturated carbocycles. The molecule has 1 heterocycles. The highest BCUT2D eigenvalue weighted by molar-refractivity contribution is 5.91. The molecule has 0 aliphatic heterocycles. The first-order valence-corrected chi connectivity index (χ1v) is 16.6. The van der Waals surface area contributed by atoms with E-state index in [1.54, 1.807) is 6.20 Å². The van der Waals surface area contributed by atoms with Crippen molar-refractivity contribution in [3.8, 4) is 0 Å². The highest BCUT2D eigenvalue weighted by atomic mass is 16.5. The van der Waals surface area contributed by atoms with E-state index in [9.17, 15) is 24.3 Å². The number of aliphatic hydroxyl groups is 1. The number of aromatic nitrogens is 2. The molecule has 48 heavy (non-hydrogen) atoms. The number of aromatic amines is 1. The molecule has 4 amide bonds. The zero-order valence-corrected chi connectivity index (χ0v) is 28.3. The van der Waals surface area contributed by atoms with Gasteiger partial charge in [0.05, 0.1) is 30.6 Å². The Kier molecular flexibility index (Phi) is 15.6. The number of hydrogen-bond acceptors (Lipinski definition) is 7. The highest BCUT2D eigenvalue weighted by Gasteiger charge is 2.31. The van der Waals surface area contributed by atoms with Crippen molar-refractivity contribution >= 4 is 23.8 Å². The van der Waals surface area contributed by atoms with E-state index in [4.69, 9.17) is 4.74 Å². The summed E-state index contributed by atoms with van der Waals surface area (Å²) in [5, 5.41) is 22.2. The predicted molar refractivity (Wildman–Crippen MR) is 182 cm³/mol. The number of aliphatic hydroxyl groups excluding tert-OH is 1. The van der Waals surface area contributed by atoms with E-state index in [1.807, 2.05) is 88.4 Å². The van der Waals surface area contributed by atoms with E-state index >= 15 is 0 Å². The van der Waals surface area contributed by atoms with Gasteiger partial charge in [-0.15, -0.1) is 0 Å². The zero-order valence-electron chi connectivity index (χ0n) is 28.3. The van der Waals surface area contributed by atoms with Gasteiger partial charge in [-0.05, 0) is 29.4 Å². The average Bonchev–Trinajstić information content (AvgIpc) is 3.59. The summed E-state index contributed by atoms with van der Waals surface area (Å²) in [4.78, 5) is 60.1. The highest BCUT2D eigenvalue weighted by Crippen LogP contribution is 2.13. The Morgan fingerprint density at radius 2 is 1.48 bits per heavy atom. The van der Waals surface area contributed by atoms with Crippen molar-refractivity contribution in [2.45, 2.75) is 90.6 Å². The molecule has 0 saturated heterocycles. The number of rotatable bonds is 19. The maximum Gasteiger partial charge on any atom is 0.408 e. The monoisotopic (exact) mass is 662 g/mol. The van der Waals surface area contributed by atoms with Crippen molar-refractivity contribution in [3.05, 3.63) is 90.0 Å². The SMILES string of the molecule is CCC(C)CNC(=O)CC(O)C(CC(C)C)NC(=O)[C@H](Cc1c[nH]cn1)NC(=O)[C@H](Cc1ccccc1)NC(=O)OCc1ccccc1. The van der Waals surface area contributed by atoms with Crippen LogP contribution in [-0.2, 0) is 38.6 Å². The number of hydrogen-bond donors (Lipinski definition) is 6. The van der Waals surface area contributed by atoms with Crippen molar-refractivity contribution in [2.75, 3.05) is 6.54 Å². The van der Waals surface area contributed by atoms with Gasteiger partial charge in [-0.25, -0.2) is 9.78 Å². The summed E-state index contributed by atoms with van der Waals surface area (Å²) in [5.74, 6) is -1.07. The van der Waals surface area contributed by atoms with E-state index in [1.165, 1.54) is 6.33 Å². The number of amides is 4. The van der Waals surface area contributed by atoms with Gasteiger partial charge in [-0.1, -0.05) is 94.8 Å². The summed E-state index contributed by atoms with van der Waals surface area (Å²) in [6.07, 6.45) is 2.47. The van der Waals surface area contributed by atoms with Gasteiger partial charge in [-0.2, -0.15) is 0 Å². The quantitative estimate of drug-likeness (QED) is 0.114. The molecule has 3 rings (SSSR count). The lowest BCUT2D eigenvalue weighted by molar-refractivity contribution is -0.131. The molecule has 12 heteroatoms. The van der Waals surface area contributed by atoms with Crippen molar-refractivity contribution in [2.24, 2.45) is 11.8 Å². The number of imidazole rings is 1. The Balaban J connectivity index is 1.76. The van der Waals surface area contributed by atoms with Crippen LogP contribution in [0, 0.1) is 11.8 Å². The summed E-state index contributed by atoms with van der Waals surface area (Å²) in [5.41, 5.74) is 2.11. The molecule has 0 aliphatic carbocycles. The van der Waals surface area contributed by atoms with Crippen LogP contribution in [0.5, 0.6) is 0 Å². The van der Waals surface area contributed by atoms with Gasteiger partial charge in [-0.3, -0.25) is 14.4 Å². The second-order valence-electron chi connectivity index (χ2n) is 12.6. The first-order chi connectivity index (χ1) is 23.0. The van der Waals surface area contributed by atoms with Crippen LogP contribution in [0.1, 0.15) is 63.8 Å². The molecular formula is C36H50N6O6. The van der Waals surface area contributed by atoms with Crippen molar-refractivity contribution in [3.63, 3.8) is 0 Å². The molecule has 5 atom stereocenters. The van der Waals surface area contributed by atoms with Gasteiger partial charge in [0.1, 0.15) is 18.7 Å². The smallest absolute Gasteiger partial charge is 0.408 e. The second kappa shape index (κ2) is 19.8. The topological polar surface area (TPSA) is 175 Å². The first kappa shape index (κ1) is 37.7. The molecule has 1 aromatic heterocycles. The minimum atomic E-state index is -1.15. The number of benzene rings is 2. The molecule has 3 unspecified atom stereocenters. The molecule has 0 bridgehead atoms. The minimum absolute atomic E-state index is 0.0196. The number of ether oxygens (including phenoxy) is 1. The van der Waals surface area contributed by atoms with Crippen LogP contribution in [0.15, 0.2) is 73.2 Å². The number of H-pyrrole nitrogens is 1. The number of alkyl carbamates (subject to hydrolysis) is 1. The van der Waals surface area contributed by atoms with Crippen molar-refractivity contribution < 1.29 is 29.0 Å². The van der Waals surface area contributed by atoms with Gasteiger partial charge in [0.2, 0.25) is 17.7 Å². The number of carbonyl (C=O) groups excluding carboxylic acids is 4. The lowest BCUT2D eigenvalue weighted by Crippen LogP contribution is -2.57. The van der Waals surface area contributed by atoms with Gasteiger partial charge in [0.15, 0.2) is 0 Å². The van der Waals surface area contributed by atoms with Gasteiger partial charge in [0, 0.05) is 25.6 Å². The molecule has 260 valence electrons. The van der Waals surface area contributed by atoms with Crippen LogP contribution in [-0.4, -0.2) is 69.7 Å². The summed E-state index contributed by atoms with van der Waals surface area (Å²) in [6.45, 7) is 8.49. The summed E-state index contributed by atoms with van der Waals surface area (Å²) < 4.78 is 5.38. The first-order valence-electron chi connectivity index (χ1n) is 16.6. The van der Waals surface area contributed by atoms with Crippen molar-refractivity contribution in [1.82, 2.24) is 31.2 Å². The normalized spacial score (nSPS) is 14.2. The lowest BCUT2D eigenvalue weighted by atomic mass is 9.96. The standard InChI is InChI=1S/C36H50N6O6/c1-5-25(4)20-38-33(44)19-32(43)29(16-24(2)3)40-35(46)31(18-28-21-37-23-39-28)41-34(45)30(17-26-12-8-6-9-13-26)42-36(47)48-22-27-14-10-7-11-15-27/h6-15,21,23-25,29-32,43H,5,16-20,22H2,1-4H3,(H,37,39)(H,38,44)(H,40,46)(H,41,45)(H,42,47)/t25?,29?,30-,31-,32?/m0/s1. The number of nitrogens with one attached hydrogen (secondary N) is 5. The minimum Gasteiger partial charge on any atom is -0.445 e. The molecule has 0 radical (unpaired) electrons. The molecule has 0 aliphatic rings. The van der Waals surface area contributed by atoms with Crippen molar-refractivity contribution in [1.29, 1.82) is 0 Å². The van der Waals surface area contributed by atoms with Crippen LogP contribution in [0.25, 0.3) is 0 Å². The number of carbonyl (C=O) groups is 4. The Hall–Kier alpha value is -4.71. The van der Waals surface area contributed by atoms with Crippen LogP contribution >= 0.6 is 0 Å². The molecule has 6 N–H and O–H groups in total. The van der Waals surface area contributed by atoms with Crippen LogP contribution in [0.2, 0.25) is 0 Å². The molecule has 12 nitrogen and oxygen atoms in total. The molecule has 0 fully saturated rings. The van der Waals surface area contributed by atoms with Gasteiger partial charge < -0.3 is 36.1 Å². The van der Waals surface area contributed by atoms with E-state index < -0.39 is 42.1 Å². The maximum atomic E-state index is 13.8. The van der Waals surface area contributed by atoms with E-state index in [0.717, 1.165) is 17.5 Å². The van der Waals surface area contributed by atoms with Gasteiger partial charge >= 0.3 is 6.09 Å². The third-order valence-corrected chi connectivity index (χ3v) is 7.96. The van der Waals surface area contributed by atoms with Gasteiger partial charge in [0.25, 0.3) is 0 Å². The third-order valence-electron chi connectivity index (χ3n) is 7.96. The average molecular weight is 663 g/mol. The fourth-order valence-corrected chi connectivity index (χ4v) is 5.00. The predicted octanol–water partition coefficient (Wildman–Crippen LogP) is 3.42. The fraction of sp³-hybridized carbons (Fsp3) is 0.472. The van der Waals surface area contributed by atoms with Crippen LogP contribution in [0.3, 0.4) is 0 Å². The largest absolute Gasteiger partial charge is 0.445 e. The molecular weight excluding hydrogens is 612 g/mol. The Morgan fingerprint density at radius 1 is 0.854 bits per heavy atom. The second-order valence-corrected chi connectivity index (χ2v) is 12.6. The Labute approximate surface area is 282 Å². The van der Waals surface area contributed by atoms with E-state index in [-0.39, 0.29) is 37.7 Å². The van der Waals surface area contributed by atoms with Crippen LogP contribution in [0.4, 0.5) is 4.79 Å².